The molecule has 5 heteroatoms. The van der Waals surface area contributed by atoms with Crippen molar-refractivity contribution in [1.29, 1.82) is 0 Å². The van der Waals surface area contributed by atoms with E-state index >= 15 is 0 Å². The van der Waals surface area contributed by atoms with Gasteiger partial charge in [0.2, 0.25) is 5.78 Å². The zero-order chi connectivity index (χ0) is 12.3. The highest BCUT2D eigenvalue weighted by Gasteiger charge is 2.29. The van der Waals surface area contributed by atoms with Crippen LogP contribution in [0.2, 0.25) is 0 Å². The largest absolute Gasteiger partial charge is 0.367 e. The van der Waals surface area contributed by atoms with Gasteiger partial charge in [-0.3, -0.25) is 14.7 Å². The van der Waals surface area contributed by atoms with Crippen molar-refractivity contribution in [2.75, 3.05) is 19.7 Å². The molecule has 0 aromatic carbocycles. The molecule has 1 aliphatic heterocycles. The molecule has 1 fully saturated rings. The molecule has 0 amide bonds. The zero-order valence-corrected chi connectivity index (χ0v) is 10.2. The highest BCUT2D eigenvalue weighted by molar-refractivity contribution is 5.97. The van der Waals surface area contributed by atoms with Gasteiger partial charge in [0.05, 0.1) is 12.8 Å². The van der Waals surface area contributed by atoms with Gasteiger partial charge in [-0.2, -0.15) is 0 Å². The molecule has 0 N–H and O–H groups in total. The van der Waals surface area contributed by atoms with Gasteiger partial charge >= 0.3 is 0 Å². The average molecular weight is 235 g/mol. The number of ketones is 1. The maximum absolute atomic E-state index is 12.1. The predicted octanol–water partition coefficient (Wildman–Crippen LogP) is 0.768. The third-order valence-electron chi connectivity index (χ3n) is 2.94. The molecule has 17 heavy (non-hydrogen) atoms. The van der Waals surface area contributed by atoms with Crippen LogP contribution in [0.25, 0.3) is 0 Å². The van der Waals surface area contributed by atoms with E-state index in [2.05, 4.69) is 28.7 Å². The summed E-state index contributed by atoms with van der Waals surface area (Å²) in [6.07, 6.45) is 4.15. The first-order valence-electron chi connectivity index (χ1n) is 5.84. The lowest BCUT2D eigenvalue weighted by atomic mass is 10.1. The molecule has 1 unspecified atom stereocenters. The molecule has 1 atom stereocenters. The fourth-order valence-electron chi connectivity index (χ4n) is 1.89. The van der Waals surface area contributed by atoms with Crippen molar-refractivity contribution >= 4 is 5.78 Å². The van der Waals surface area contributed by atoms with E-state index in [4.69, 9.17) is 4.74 Å². The van der Waals surface area contributed by atoms with E-state index in [1.165, 1.54) is 12.4 Å². The molecule has 0 radical (unpaired) electrons. The number of nitrogens with zero attached hydrogens (tertiary/aromatic N) is 3. The van der Waals surface area contributed by atoms with Crippen LogP contribution in [0.3, 0.4) is 0 Å². The third kappa shape index (κ3) is 2.87. The van der Waals surface area contributed by atoms with Gasteiger partial charge < -0.3 is 4.74 Å². The summed E-state index contributed by atoms with van der Waals surface area (Å²) in [6, 6.07) is 0.427. The molecule has 2 heterocycles. The standard InChI is InChI=1S/C12H17N3O2/c1-9(2)15-5-6-17-11(8-15)12(16)10-7-13-3-4-14-10/h3-4,7,9,11H,5-6,8H2,1-2H3. The Labute approximate surface area is 101 Å². The number of hydrogen-bond donors (Lipinski definition) is 0. The van der Waals surface area contributed by atoms with Crippen molar-refractivity contribution in [3.8, 4) is 0 Å². The zero-order valence-electron chi connectivity index (χ0n) is 10.2. The number of ether oxygens (including phenoxy) is 1. The Morgan fingerprint density at radius 2 is 2.35 bits per heavy atom. The Bertz CT molecular complexity index is 381. The van der Waals surface area contributed by atoms with E-state index in [0.717, 1.165) is 6.54 Å². The van der Waals surface area contributed by atoms with E-state index in [-0.39, 0.29) is 5.78 Å². The van der Waals surface area contributed by atoms with Gasteiger partial charge in [0.25, 0.3) is 0 Å². The summed E-state index contributed by atoms with van der Waals surface area (Å²) in [4.78, 5) is 22.3. The monoisotopic (exact) mass is 235 g/mol. The SMILES string of the molecule is CC(C)N1CCOC(C(=O)c2cnccn2)C1. The number of morpholine rings is 1. The minimum Gasteiger partial charge on any atom is -0.367 e. The van der Waals surface area contributed by atoms with Crippen LogP contribution < -0.4 is 0 Å². The minimum atomic E-state index is -0.414. The molecule has 0 bridgehead atoms. The van der Waals surface area contributed by atoms with Crippen molar-refractivity contribution in [3.63, 3.8) is 0 Å². The lowest BCUT2D eigenvalue weighted by molar-refractivity contribution is -0.0258. The molecular formula is C12H17N3O2. The Hall–Kier alpha value is -1.33. The number of carbonyl (C=O) groups excluding carboxylic acids is 1. The normalized spacial score (nSPS) is 21.7. The first-order chi connectivity index (χ1) is 8.18. The van der Waals surface area contributed by atoms with Crippen LogP contribution in [0.1, 0.15) is 24.3 Å². The van der Waals surface area contributed by atoms with Crippen molar-refractivity contribution < 1.29 is 9.53 Å². The van der Waals surface area contributed by atoms with Gasteiger partial charge in [-0.1, -0.05) is 0 Å². The maximum atomic E-state index is 12.1. The van der Waals surface area contributed by atoms with Crippen LogP contribution in [0.4, 0.5) is 0 Å². The first kappa shape index (κ1) is 12.1. The van der Waals surface area contributed by atoms with E-state index in [9.17, 15) is 4.79 Å². The van der Waals surface area contributed by atoms with E-state index < -0.39 is 6.10 Å². The Morgan fingerprint density at radius 1 is 1.53 bits per heavy atom. The van der Waals surface area contributed by atoms with Gasteiger partial charge in [0, 0.05) is 31.5 Å². The molecule has 0 aliphatic carbocycles. The summed E-state index contributed by atoms with van der Waals surface area (Å²) < 4.78 is 5.52. The van der Waals surface area contributed by atoms with Gasteiger partial charge in [-0.25, -0.2) is 4.98 Å². The van der Waals surface area contributed by atoms with Gasteiger partial charge in [0.15, 0.2) is 0 Å². The average Bonchev–Trinajstić information content (AvgIpc) is 2.39. The molecule has 1 saturated heterocycles. The van der Waals surface area contributed by atoms with Crippen LogP contribution in [-0.4, -0.2) is 52.5 Å². The summed E-state index contributed by atoms with van der Waals surface area (Å²) in [5.41, 5.74) is 0.378. The van der Waals surface area contributed by atoms with Crippen LogP contribution in [0.15, 0.2) is 18.6 Å². The molecular weight excluding hydrogens is 218 g/mol. The van der Waals surface area contributed by atoms with Gasteiger partial charge in [-0.05, 0) is 13.8 Å². The maximum Gasteiger partial charge on any atom is 0.212 e. The second-order valence-electron chi connectivity index (χ2n) is 4.40. The Balaban J connectivity index is 2.05. The van der Waals surface area contributed by atoms with Crippen LogP contribution in [0.5, 0.6) is 0 Å². The van der Waals surface area contributed by atoms with Crippen LogP contribution >= 0.6 is 0 Å². The molecule has 2 rings (SSSR count). The van der Waals surface area contributed by atoms with Gasteiger partial charge in [-0.15, -0.1) is 0 Å². The lowest BCUT2D eigenvalue weighted by Crippen LogP contribution is -2.48. The van der Waals surface area contributed by atoms with E-state index in [1.54, 1.807) is 6.20 Å². The Morgan fingerprint density at radius 3 is 3.00 bits per heavy atom. The van der Waals surface area contributed by atoms with Crippen molar-refractivity contribution in [2.24, 2.45) is 0 Å². The molecule has 1 aromatic rings. The Kier molecular flexibility index (Phi) is 3.81. The van der Waals surface area contributed by atoms with Crippen LogP contribution in [-0.2, 0) is 4.74 Å². The number of carbonyl (C=O) groups is 1. The highest BCUT2D eigenvalue weighted by Crippen LogP contribution is 2.12. The van der Waals surface area contributed by atoms with Crippen molar-refractivity contribution in [3.05, 3.63) is 24.3 Å². The first-order valence-corrected chi connectivity index (χ1v) is 5.84. The van der Waals surface area contributed by atoms with Crippen molar-refractivity contribution in [2.45, 2.75) is 26.0 Å². The smallest absolute Gasteiger partial charge is 0.212 e. The highest BCUT2D eigenvalue weighted by atomic mass is 16.5. The molecule has 5 nitrogen and oxygen atoms in total. The lowest BCUT2D eigenvalue weighted by Gasteiger charge is -2.34. The molecule has 0 saturated carbocycles. The van der Waals surface area contributed by atoms with Gasteiger partial charge in [0.1, 0.15) is 11.8 Å². The predicted molar refractivity (Wildman–Crippen MR) is 62.8 cm³/mol. The number of rotatable bonds is 3. The topological polar surface area (TPSA) is 55.3 Å². The summed E-state index contributed by atoms with van der Waals surface area (Å²) in [7, 11) is 0. The van der Waals surface area contributed by atoms with Crippen LogP contribution in [0, 0.1) is 0 Å². The molecule has 92 valence electrons. The van der Waals surface area contributed by atoms with Crippen molar-refractivity contribution in [1.82, 2.24) is 14.9 Å². The number of aromatic nitrogens is 2. The molecule has 1 aliphatic rings. The van der Waals surface area contributed by atoms with E-state index in [0.29, 0.717) is 24.9 Å². The third-order valence-corrected chi connectivity index (χ3v) is 2.94. The summed E-state index contributed by atoms with van der Waals surface area (Å²) in [5, 5.41) is 0. The second kappa shape index (κ2) is 5.33. The fraction of sp³-hybridized carbons (Fsp3) is 0.583. The fourth-order valence-corrected chi connectivity index (χ4v) is 1.89. The second-order valence-corrected chi connectivity index (χ2v) is 4.40. The number of hydrogen-bond acceptors (Lipinski definition) is 5. The summed E-state index contributed by atoms with van der Waals surface area (Å²) >= 11 is 0. The minimum absolute atomic E-state index is 0.0801. The number of Topliss-reactive ketones (excluding diaryl/α,β-unsaturated/α-hetero) is 1. The molecule has 1 aromatic heterocycles. The summed E-state index contributed by atoms with van der Waals surface area (Å²) in [5.74, 6) is -0.0801. The quantitative estimate of drug-likeness (QED) is 0.724. The molecule has 0 spiro atoms. The summed E-state index contributed by atoms with van der Waals surface area (Å²) in [6.45, 7) is 6.34. The van der Waals surface area contributed by atoms with E-state index in [1.807, 2.05) is 0 Å².